The normalized spacial score (nSPS) is 18.0. The highest BCUT2D eigenvalue weighted by atomic mass is 19.1. The van der Waals surface area contributed by atoms with Gasteiger partial charge in [-0.2, -0.15) is 0 Å². The molecule has 1 atom stereocenters. The van der Waals surface area contributed by atoms with Crippen molar-refractivity contribution in [1.82, 2.24) is 0 Å². The van der Waals surface area contributed by atoms with Crippen molar-refractivity contribution in [1.29, 1.82) is 0 Å². The first-order valence-corrected chi connectivity index (χ1v) is 6.98. The van der Waals surface area contributed by atoms with E-state index in [-0.39, 0.29) is 11.9 Å². The molecule has 2 N–H and O–H groups in total. The number of aliphatic imine (C=N–C) groups is 1. The molecule has 0 radical (unpaired) electrons. The Morgan fingerprint density at radius 2 is 2.00 bits per heavy atom. The smallest absolute Gasteiger partial charge is 0.196 e. The molecule has 2 aromatic rings. The van der Waals surface area contributed by atoms with Crippen LogP contribution in [0, 0.1) is 19.7 Å². The molecule has 2 aromatic carbocycles. The van der Waals surface area contributed by atoms with Gasteiger partial charge in [0.1, 0.15) is 5.82 Å². The zero-order chi connectivity index (χ0) is 15.0. The predicted octanol–water partition coefficient (Wildman–Crippen LogP) is 3.32. The van der Waals surface area contributed by atoms with Crippen LogP contribution in [0.4, 0.5) is 10.1 Å². The van der Waals surface area contributed by atoms with Crippen molar-refractivity contribution in [3.8, 4) is 0 Å². The van der Waals surface area contributed by atoms with Gasteiger partial charge in [0.2, 0.25) is 0 Å². The maximum atomic E-state index is 13.5. The zero-order valence-corrected chi connectivity index (χ0v) is 12.2. The summed E-state index contributed by atoms with van der Waals surface area (Å²) in [7, 11) is 0. The average Bonchev–Trinajstić information content (AvgIpc) is 2.84. The molecular weight excluding hydrogens is 265 g/mol. The van der Waals surface area contributed by atoms with E-state index < -0.39 is 0 Å². The Kier molecular flexibility index (Phi) is 3.37. The van der Waals surface area contributed by atoms with Gasteiger partial charge < -0.3 is 10.6 Å². The lowest BCUT2D eigenvalue weighted by Crippen LogP contribution is -2.36. The Balaban J connectivity index is 2.00. The van der Waals surface area contributed by atoms with E-state index in [2.05, 4.69) is 11.1 Å². The van der Waals surface area contributed by atoms with Gasteiger partial charge in [0.05, 0.1) is 12.6 Å². The fourth-order valence-corrected chi connectivity index (χ4v) is 2.72. The Hall–Kier alpha value is -2.36. The van der Waals surface area contributed by atoms with E-state index in [1.807, 2.05) is 42.2 Å². The van der Waals surface area contributed by atoms with E-state index >= 15 is 0 Å². The van der Waals surface area contributed by atoms with Crippen LogP contribution in [0.2, 0.25) is 0 Å². The highest BCUT2D eigenvalue weighted by molar-refractivity contribution is 5.97. The van der Waals surface area contributed by atoms with Crippen LogP contribution in [0.15, 0.2) is 47.5 Å². The second-order valence-corrected chi connectivity index (χ2v) is 5.43. The lowest BCUT2D eigenvalue weighted by Gasteiger charge is -2.27. The number of aryl methyl sites for hydroxylation is 2. The van der Waals surface area contributed by atoms with Crippen molar-refractivity contribution in [3.05, 3.63) is 65.0 Å². The van der Waals surface area contributed by atoms with E-state index in [0.717, 1.165) is 11.3 Å². The second kappa shape index (κ2) is 5.20. The average molecular weight is 283 g/mol. The summed E-state index contributed by atoms with van der Waals surface area (Å²) in [5, 5.41) is 0. The fraction of sp³-hybridized carbons (Fsp3) is 0.235. The first kappa shape index (κ1) is 13.6. The fourth-order valence-electron chi connectivity index (χ4n) is 2.72. The molecule has 108 valence electrons. The molecule has 4 heteroatoms. The summed E-state index contributed by atoms with van der Waals surface area (Å²) >= 11 is 0. The van der Waals surface area contributed by atoms with Crippen molar-refractivity contribution >= 4 is 11.6 Å². The highest BCUT2D eigenvalue weighted by Crippen LogP contribution is 2.32. The highest BCUT2D eigenvalue weighted by Gasteiger charge is 2.29. The van der Waals surface area contributed by atoms with Crippen molar-refractivity contribution in [2.75, 3.05) is 11.4 Å². The summed E-state index contributed by atoms with van der Waals surface area (Å²) in [6.45, 7) is 4.41. The summed E-state index contributed by atoms with van der Waals surface area (Å²) in [6, 6.07) is 13.4. The molecule has 1 heterocycles. The summed E-state index contributed by atoms with van der Waals surface area (Å²) in [5.41, 5.74) is 9.91. The number of rotatable bonds is 2. The van der Waals surface area contributed by atoms with Gasteiger partial charge in [-0.3, -0.25) is 4.99 Å². The number of guanidine groups is 1. The van der Waals surface area contributed by atoms with Crippen molar-refractivity contribution in [3.63, 3.8) is 0 Å². The minimum atomic E-state index is -0.187. The van der Waals surface area contributed by atoms with Gasteiger partial charge >= 0.3 is 0 Å². The first-order valence-electron chi connectivity index (χ1n) is 6.98. The van der Waals surface area contributed by atoms with Crippen LogP contribution in [0.25, 0.3) is 0 Å². The van der Waals surface area contributed by atoms with Crippen LogP contribution in [-0.2, 0) is 0 Å². The van der Waals surface area contributed by atoms with Crippen molar-refractivity contribution in [2.45, 2.75) is 19.9 Å². The minimum Gasteiger partial charge on any atom is -0.369 e. The first-order chi connectivity index (χ1) is 10.1. The molecule has 0 saturated heterocycles. The molecule has 0 bridgehead atoms. The molecule has 3 rings (SSSR count). The maximum absolute atomic E-state index is 13.5. The number of hydrogen-bond acceptors (Lipinski definition) is 3. The minimum absolute atomic E-state index is 0.0195. The topological polar surface area (TPSA) is 41.6 Å². The van der Waals surface area contributed by atoms with Crippen molar-refractivity contribution < 1.29 is 4.39 Å². The summed E-state index contributed by atoms with van der Waals surface area (Å²) in [4.78, 5) is 6.37. The molecule has 3 nitrogen and oxygen atoms in total. The zero-order valence-electron chi connectivity index (χ0n) is 12.2. The van der Waals surface area contributed by atoms with Gasteiger partial charge in [-0.1, -0.05) is 24.3 Å². The standard InChI is InChI=1S/C17H18FN3/c1-11-4-3-5-14(8-11)21-16(10-20-17(21)19)13-6-7-15(18)12(2)9-13/h3-9,16H,10H2,1-2H3,(H2,19,20). The van der Waals surface area contributed by atoms with Gasteiger partial charge in [-0.05, 0) is 48.7 Å². The second-order valence-electron chi connectivity index (χ2n) is 5.43. The number of nitrogens with two attached hydrogens (primary N) is 1. The van der Waals surface area contributed by atoms with E-state index in [4.69, 9.17) is 5.73 Å². The third-order valence-electron chi connectivity index (χ3n) is 3.83. The van der Waals surface area contributed by atoms with Crippen LogP contribution in [-0.4, -0.2) is 12.5 Å². The third-order valence-corrected chi connectivity index (χ3v) is 3.83. The number of nitrogens with zero attached hydrogens (tertiary/aromatic N) is 2. The molecule has 0 aliphatic carbocycles. The predicted molar refractivity (Wildman–Crippen MR) is 84.0 cm³/mol. The lowest BCUT2D eigenvalue weighted by molar-refractivity contribution is 0.616. The molecule has 1 aliphatic rings. The number of halogens is 1. The van der Waals surface area contributed by atoms with Gasteiger partial charge in [0, 0.05) is 5.69 Å². The van der Waals surface area contributed by atoms with E-state index in [9.17, 15) is 4.39 Å². The van der Waals surface area contributed by atoms with Crippen LogP contribution in [0.3, 0.4) is 0 Å². The Morgan fingerprint density at radius 3 is 2.71 bits per heavy atom. The van der Waals surface area contributed by atoms with E-state index in [1.54, 1.807) is 6.92 Å². The summed E-state index contributed by atoms with van der Waals surface area (Å²) in [6.07, 6.45) is 0. The molecule has 0 fully saturated rings. The van der Waals surface area contributed by atoms with Crippen molar-refractivity contribution in [2.24, 2.45) is 10.7 Å². The molecule has 0 saturated carbocycles. The summed E-state index contributed by atoms with van der Waals surface area (Å²) in [5.74, 6) is 0.320. The Labute approximate surface area is 123 Å². The lowest BCUT2D eigenvalue weighted by atomic mass is 10.0. The molecular formula is C17H18FN3. The SMILES string of the molecule is Cc1cccc(N2C(N)=NCC2c2ccc(F)c(C)c2)c1. The number of hydrogen-bond donors (Lipinski definition) is 1. The van der Waals surface area contributed by atoms with Gasteiger partial charge in [-0.25, -0.2) is 4.39 Å². The Morgan fingerprint density at radius 1 is 1.19 bits per heavy atom. The third kappa shape index (κ3) is 2.49. The van der Waals surface area contributed by atoms with E-state index in [1.165, 1.54) is 11.6 Å². The molecule has 1 unspecified atom stereocenters. The molecule has 1 aliphatic heterocycles. The quantitative estimate of drug-likeness (QED) is 0.918. The van der Waals surface area contributed by atoms with Crippen LogP contribution < -0.4 is 10.6 Å². The number of anilines is 1. The maximum Gasteiger partial charge on any atom is 0.196 e. The monoisotopic (exact) mass is 283 g/mol. The number of benzene rings is 2. The van der Waals surface area contributed by atoms with Crippen LogP contribution in [0.1, 0.15) is 22.7 Å². The van der Waals surface area contributed by atoms with Gasteiger partial charge in [0.15, 0.2) is 5.96 Å². The molecule has 0 spiro atoms. The van der Waals surface area contributed by atoms with Crippen LogP contribution in [0.5, 0.6) is 0 Å². The largest absolute Gasteiger partial charge is 0.369 e. The summed E-state index contributed by atoms with van der Waals surface area (Å²) < 4.78 is 13.5. The molecule has 21 heavy (non-hydrogen) atoms. The van der Waals surface area contributed by atoms with Crippen LogP contribution >= 0.6 is 0 Å². The molecule has 0 aromatic heterocycles. The Bertz CT molecular complexity index is 709. The van der Waals surface area contributed by atoms with Gasteiger partial charge in [-0.15, -0.1) is 0 Å². The van der Waals surface area contributed by atoms with E-state index in [0.29, 0.717) is 18.1 Å². The van der Waals surface area contributed by atoms with Gasteiger partial charge in [0.25, 0.3) is 0 Å². The molecule has 0 amide bonds.